The van der Waals surface area contributed by atoms with Crippen molar-refractivity contribution >= 4 is 46.4 Å². The fraction of sp³-hybridized carbons (Fsp3) is 0.176. The Hall–Kier alpha value is -2.44. The Morgan fingerprint density at radius 3 is 1.36 bits per heavy atom. The number of hydrogen-bond donors (Lipinski definition) is 2. The number of rotatable bonds is 6. The summed E-state index contributed by atoms with van der Waals surface area (Å²) in [5.74, 6) is -0.490. The Labute approximate surface area is 155 Å². The Kier molecular flexibility index (Phi) is 6.12. The molecule has 8 heteroatoms. The van der Waals surface area contributed by atoms with E-state index in [0.29, 0.717) is 22.9 Å². The van der Waals surface area contributed by atoms with E-state index in [1.165, 1.54) is 14.2 Å². The highest BCUT2D eigenvalue weighted by Gasteiger charge is 2.42. The quantitative estimate of drug-likeness (QED) is 0.592. The lowest BCUT2D eigenvalue weighted by Crippen LogP contribution is -2.43. The standard InChI is InChI=1S/C17H16Cl2N2O4/c1-24-13-7-3-11(4-8-13)20-15(22)17(18,19)16(23)21-12-5-9-14(25-2)10-6-12/h3-10H,1-2H3,(H,20,22)(H,21,23). The summed E-state index contributed by atoms with van der Waals surface area (Å²) in [5.41, 5.74) is 0.849. The molecule has 0 radical (unpaired) electrons. The lowest BCUT2D eigenvalue weighted by molar-refractivity contribution is -0.124. The average Bonchev–Trinajstić information content (AvgIpc) is 2.62. The number of benzene rings is 2. The minimum Gasteiger partial charge on any atom is -0.497 e. The highest BCUT2D eigenvalue weighted by atomic mass is 35.5. The molecule has 0 heterocycles. The van der Waals surface area contributed by atoms with Crippen molar-refractivity contribution in [2.24, 2.45) is 0 Å². The van der Waals surface area contributed by atoms with Crippen LogP contribution in [0.5, 0.6) is 11.5 Å². The van der Waals surface area contributed by atoms with Gasteiger partial charge >= 0.3 is 0 Å². The second-order valence-electron chi connectivity index (χ2n) is 4.94. The maximum Gasteiger partial charge on any atom is 0.274 e. The average molecular weight is 383 g/mol. The van der Waals surface area contributed by atoms with Gasteiger partial charge in [0.15, 0.2) is 0 Å². The van der Waals surface area contributed by atoms with Crippen LogP contribution in [0.1, 0.15) is 0 Å². The van der Waals surface area contributed by atoms with E-state index in [0.717, 1.165) is 0 Å². The van der Waals surface area contributed by atoms with Crippen molar-refractivity contribution in [2.45, 2.75) is 4.33 Å². The summed E-state index contributed by atoms with van der Waals surface area (Å²) >= 11 is 11.9. The molecule has 0 bridgehead atoms. The monoisotopic (exact) mass is 382 g/mol. The van der Waals surface area contributed by atoms with Crippen LogP contribution >= 0.6 is 23.2 Å². The lowest BCUT2D eigenvalue weighted by Gasteiger charge is -2.18. The van der Waals surface area contributed by atoms with Gasteiger partial charge in [-0.3, -0.25) is 9.59 Å². The zero-order chi connectivity index (χ0) is 18.4. The van der Waals surface area contributed by atoms with Gasteiger partial charge in [-0.15, -0.1) is 0 Å². The molecule has 132 valence electrons. The normalized spacial score (nSPS) is 10.7. The third kappa shape index (κ3) is 4.78. The summed E-state index contributed by atoms with van der Waals surface area (Å²) in [5, 5.41) is 4.96. The molecule has 2 aromatic carbocycles. The van der Waals surface area contributed by atoms with Crippen LogP contribution in [0.2, 0.25) is 0 Å². The zero-order valence-electron chi connectivity index (χ0n) is 13.5. The van der Waals surface area contributed by atoms with E-state index in [1.807, 2.05) is 0 Å². The first kappa shape index (κ1) is 18.9. The third-order valence-corrected chi connectivity index (χ3v) is 3.95. The van der Waals surface area contributed by atoms with Gasteiger partial charge < -0.3 is 20.1 Å². The van der Waals surface area contributed by atoms with Crippen LogP contribution in [0, 0.1) is 0 Å². The van der Waals surface area contributed by atoms with Crippen LogP contribution in [0.3, 0.4) is 0 Å². The largest absolute Gasteiger partial charge is 0.497 e. The molecule has 0 aromatic heterocycles. The molecule has 6 nitrogen and oxygen atoms in total. The van der Waals surface area contributed by atoms with E-state index >= 15 is 0 Å². The number of anilines is 2. The van der Waals surface area contributed by atoms with Crippen LogP contribution in [0.25, 0.3) is 0 Å². The van der Waals surface area contributed by atoms with Crippen LogP contribution in [-0.2, 0) is 9.59 Å². The lowest BCUT2D eigenvalue weighted by atomic mass is 10.2. The minimum absolute atomic E-state index is 0.425. The molecule has 0 aliphatic heterocycles. The third-order valence-electron chi connectivity index (χ3n) is 3.27. The summed E-state index contributed by atoms with van der Waals surface area (Å²) in [4.78, 5) is 24.5. The summed E-state index contributed by atoms with van der Waals surface area (Å²) in [7, 11) is 3.05. The number of hydrogen-bond acceptors (Lipinski definition) is 4. The van der Waals surface area contributed by atoms with Gasteiger partial charge in [0.2, 0.25) is 0 Å². The van der Waals surface area contributed by atoms with Gasteiger partial charge in [-0.25, -0.2) is 0 Å². The number of carbonyl (C=O) groups excluding carboxylic acids is 2. The molecule has 2 N–H and O–H groups in total. The van der Waals surface area contributed by atoms with Crippen molar-refractivity contribution in [1.29, 1.82) is 0 Å². The predicted octanol–water partition coefficient (Wildman–Crippen LogP) is 3.45. The first-order chi connectivity index (χ1) is 11.9. The van der Waals surface area contributed by atoms with Gasteiger partial charge in [-0.05, 0) is 48.5 Å². The van der Waals surface area contributed by atoms with E-state index in [4.69, 9.17) is 32.7 Å². The molecule has 2 rings (SSSR count). The van der Waals surface area contributed by atoms with Crippen LogP contribution in [0.4, 0.5) is 11.4 Å². The van der Waals surface area contributed by atoms with Gasteiger partial charge in [-0.2, -0.15) is 0 Å². The first-order valence-corrected chi connectivity index (χ1v) is 7.91. The fourth-order valence-corrected chi connectivity index (χ4v) is 2.06. The number of nitrogens with one attached hydrogen (secondary N) is 2. The molecule has 0 saturated carbocycles. The molecule has 0 aliphatic rings. The number of carbonyl (C=O) groups is 2. The highest BCUT2D eigenvalue weighted by Crippen LogP contribution is 2.26. The second kappa shape index (κ2) is 8.09. The summed E-state index contributed by atoms with van der Waals surface area (Å²) in [6.45, 7) is 0. The predicted molar refractivity (Wildman–Crippen MR) is 97.7 cm³/mol. The topological polar surface area (TPSA) is 76.7 Å². The Morgan fingerprint density at radius 1 is 0.760 bits per heavy atom. The molecule has 0 spiro atoms. The number of amides is 2. The molecule has 0 saturated heterocycles. The molecule has 2 aromatic rings. The van der Waals surface area contributed by atoms with Crippen LogP contribution in [0.15, 0.2) is 48.5 Å². The van der Waals surface area contributed by atoms with Gasteiger partial charge in [0.05, 0.1) is 14.2 Å². The Balaban J connectivity index is 2.03. The molecule has 2 amide bonds. The van der Waals surface area contributed by atoms with E-state index in [-0.39, 0.29) is 0 Å². The van der Waals surface area contributed by atoms with Gasteiger partial charge in [-0.1, -0.05) is 23.2 Å². The highest BCUT2D eigenvalue weighted by molar-refractivity contribution is 6.69. The van der Waals surface area contributed by atoms with E-state index in [2.05, 4.69) is 10.6 Å². The number of halogens is 2. The number of methoxy groups -OCH3 is 2. The number of ether oxygens (including phenoxy) is 2. The SMILES string of the molecule is COc1ccc(NC(=O)C(Cl)(Cl)C(=O)Nc2ccc(OC)cc2)cc1. The Morgan fingerprint density at radius 2 is 1.08 bits per heavy atom. The minimum atomic E-state index is -2.31. The summed E-state index contributed by atoms with van der Waals surface area (Å²) in [6, 6.07) is 13.0. The van der Waals surface area contributed by atoms with E-state index in [1.54, 1.807) is 48.5 Å². The van der Waals surface area contributed by atoms with Crippen molar-refractivity contribution in [1.82, 2.24) is 0 Å². The molecular weight excluding hydrogens is 367 g/mol. The van der Waals surface area contributed by atoms with Crippen molar-refractivity contribution in [3.8, 4) is 11.5 Å². The maximum atomic E-state index is 12.2. The first-order valence-electron chi connectivity index (χ1n) is 7.15. The smallest absolute Gasteiger partial charge is 0.274 e. The van der Waals surface area contributed by atoms with Crippen molar-refractivity contribution in [3.05, 3.63) is 48.5 Å². The van der Waals surface area contributed by atoms with Crippen LogP contribution in [-0.4, -0.2) is 30.4 Å². The van der Waals surface area contributed by atoms with Crippen LogP contribution < -0.4 is 20.1 Å². The second-order valence-corrected chi connectivity index (χ2v) is 6.27. The maximum absolute atomic E-state index is 12.2. The van der Waals surface area contributed by atoms with E-state index < -0.39 is 16.1 Å². The fourth-order valence-electron chi connectivity index (χ4n) is 1.87. The molecule has 0 aliphatic carbocycles. The van der Waals surface area contributed by atoms with Crippen molar-refractivity contribution < 1.29 is 19.1 Å². The summed E-state index contributed by atoms with van der Waals surface area (Å²) < 4.78 is 7.74. The Bertz CT molecular complexity index is 683. The number of alkyl halides is 2. The summed E-state index contributed by atoms with van der Waals surface area (Å²) in [6.07, 6.45) is 0. The molecular formula is C17H16Cl2N2O4. The van der Waals surface area contributed by atoms with Gasteiger partial charge in [0, 0.05) is 11.4 Å². The van der Waals surface area contributed by atoms with Crippen molar-refractivity contribution in [3.63, 3.8) is 0 Å². The molecule has 0 atom stereocenters. The molecule has 0 unspecified atom stereocenters. The molecule has 25 heavy (non-hydrogen) atoms. The van der Waals surface area contributed by atoms with Gasteiger partial charge in [0.25, 0.3) is 16.1 Å². The molecule has 0 fully saturated rings. The van der Waals surface area contributed by atoms with E-state index in [9.17, 15) is 9.59 Å². The zero-order valence-corrected chi connectivity index (χ0v) is 15.0. The van der Waals surface area contributed by atoms with Gasteiger partial charge in [0.1, 0.15) is 11.5 Å². The van der Waals surface area contributed by atoms with Crippen molar-refractivity contribution in [2.75, 3.05) is 24.9 Å².